The summed E-state index contributed by atoms with van der Waals surface area (Å²) in [6, 6.07) is 14.6. The summed E-state index contributed by atoms with van der Waals surface area (Å²) in [7, 11) is 1.34. The van der Waals surface area contributed by atoms with E-state index in [4.69, 9.17) is 11.1 Å². The molecule has 0 spiro atoms. The number of halogens is 1. The zero-order valence-electron chi connectivity index (χ0n) is 14.5. The Morgan fingerprint density at radius 1 is 1.00 bits per heavy atom. The van der Waals surface area contributed by atoms with E-state index in [-0.39, 0.29) is 36.5 Å². The van der Waals surface area contributed by atoms with Crippen molar-refractivity contribution >= 4 is 30.1 Å². The van der Waals surface area contributed by atoms with E-state index >= 15 is 0 Å². The first-order chi connectivity index (χ1) is 12.0. The van der Waals surface area contributed by atoms with Gasteiger partial charge in [-0.05, 0) is 29.7 Å². The first-order valence-electron chi connectivity index (χ1n) is 7.91. The van der Waals surface area contributed by atoms with Crippen LogP contribution < -0.4 is 11.1 Å². The molecule has 0 bridgehead atoms. The topological polar surface area (TPSA) is 105 Å². The van der Waals surface area contributed by atoms with Gasteiger partial charge in [0.1, 0.15) is 5.84 Å². The lowest BCUT2D eigenvalue weighted by Gasteiger charge is -2.07. The quantitative estimate of drug-likeness (QED) is 0.299. The van der Waals surface area contributed by atoms with Crippen LogP contribution in [0.4, 0.5) is 0 Å². The van der Waals surface area contributed by atoms with Crippen LogP contribution in [0, 0.1) is 5.41 Å². The van der Waals surface area contributed by atoms with Gasteiger partial charge in [0.15, 0.2) is 0 Å². The minimum atomic E-state index is -0.283. The highest BCUT2D eigenvalue weighted by Gasteiger charge is 2.07. The fraction of sp³-hybridized carbons (Fsp3) is 0.211. The molecule has 4 N–H and O–H groups in total. The summed E-state index contributed by atoms with van der Waals surface area (Å²) < 4.78 is 4.55. The van der Waals surface area contributed by atoms with Crippen molar-refractivity contribution in [2.75, 3.05) is 13.7 Å². The van der Waals surface area contributed by atoms with Crippen LogP contribution in [-0.4, -0.2) is 31.4 Å². The van der Waals surface area contributed by atoms with Crippen molar-refractivity contribution in [1.29, 1.82) is 5.41 Å². The summed E-state index contributed by atoms with van der Waals surface area (Å²) in [4.78, 5) is 23.1. The first kappa shape index (κ1) is 21.2. The van der Waals surface area contributed by atoms with E-state index < -0.39 is 0 Å². The molecule has 2 rings (SSSR count). The highest BCUT2D eigenvalue weighted by Crippen LogP contribution is 2.20. The number of amides is 1. The van der Waals surface area contributed by atoms with Gasteiger partial charge < -0.3 is 15.8 Å². The molecule has 1 amide bonds. The van der Waals surface area contributed by atoms with Crippen LogP contribution in [0.25, 0.3) is 11.1 Å². The van der Waals surface area contributed by atoms with Gasteiger partial charge in [0.2, 0.25) is 0 Å². The van der Waals surface area contributed by atoms with Crippen LogP contribution in [0.5, 0.6) is 0 Å². The van der Waals surface area contributed by atoms with Gasteiger partial charge in [-0.1, -0.05) is 36.4 Å². The lowest BCUT2D eigenvalue weighted by Crippen LogP contribution is -2.24. The smallest absolute Gasteiger partial charge is 0.305 e. The molecule has 0 heterocycles. The monoisotopic (exact) mass is 375 g/mol. The van der Waals surface area contributed by atoms with Crippen LogP contribution in [0.1, 0.15) is 28.8 Å². The Bertz CT molecular complexity index is 759. The lowest BCUT2D eigenvalue weighted by atomic mass is 10.0. The van der Waals surface area contributed by atoms with Crippen LogP contribution in [0.15, 0.2) is 48.5 Å². The maximum atomic E-state index is 12.1. The molecule has 7 heteroatoms. The molecule has 0 fully saturated rings. The Labute approximate surface area is 158 Å². The van der Waals surface area contributed by atoms with Gasteiger partial charge in [0.25, 0.3) is 5.91 Å². The zero-order chi connectivity index (χ0) is 18.2. The van der Waals surface area contributed by atoms with Crippen molar-refractivity contribution in [3.8, 4) is 11.1 Å². The largest absolute Gasteiger partial charge is 0.469 e. The minimum Gasteiger partial charge on any atom is -0.469 e. The van der Waals surface area contributed by atoms with Crippen molar-refractivity contribution in [2.45, 2.75) is 12.8 Å². The van der Waals surface area contributed by atoms with E-state index in [0.29, 0.717) is 24.1 Å². The lowest BCUT2D eigenvalue weighted by molar-refractivity contribution is -0.140. The fourth-order valence-corrected chi connectivity index (χ4v) is 2.30. The summed E-state index contributed by atoms with van der Waals surface area (Å²) in [6.07, 6.45) is 0.824. The molecule has 0 aromatic heterocycles. The van der Waals surface area contributed by atoms with Crippen LogP contribution >= 0.6 is 12.4 Å². The minimum absolute atomic E-state index is 0. The van der Waals surface area contributed by atoms with Gasteiger partial charge in [-0.25, -0.2) is 0 Å². The van der Waals surface area contributed by atoms with Crippen molar-refractivity contribution in [3.05, 3.63) is 59.7 Å². The SMILES string of the molecule is COC(=O)CCCNC(=O)c1ccc(-c2ccc(C(=N)N)cc2)cc1.Cl. The number of rotatable bonds is 7. The van der Waals surface area contributed by atoms with Crippen molar-refractivity contribution in [1.82, 2.24) is 5.32 Å². The molecular formula is C19H22ClN3O3. The molecule has 0 aliphatic carbocycles. The zero-order valence-corrected chi connectivity index (χ0v) is 15.3. The van der Waals surface area contributed by atoms with Crippen molar-refractivity contribution in [2.24, 2.45) is 5.73 Å². The molecule has 0 aliphatic rings. The van der Waals surface area contributed by atoms with Crippen LogP contribution in [0.2, 0.25) is 0 Å². The number of carbonyl (C=O) groups is 2. The van der Waals surface area contributed by atoms with E-state index in [2.05, 4.69) is 10.1 Å². The highest BCUT2D eigenvalue weighted by molar-refractivity contribution is 5.96. The van der Waals surface area contributed by atoms with E-state index in [1.165, 1.54) is 7.11 Å². The third-order valence-electron chi connectivity index (χ3n) is 3.75. The second kappa shape index (κ2) is 10.2. The standard InChI is InChI=1S/C19H21N3O3.ClH/c1-25-17(23)3-2-12-22-19(24)16-10-6-14(7-11-16)13-4-8-15(9-5-13)18(20)21;/h4-11H,2-3,12H2,1H3,(H3,20,21)(H,22,24);1H. The second-order valence-electron chi connectivity index (χ2n) is 5.50. The highest BCUT2D eigenvalue weighted by atomic mass is 35.5. The van der Waals surface area contributed by atoms with E-state index in [1.54, 1.807) is 24.3 Å². The van der Waals surface area contributed by atoms with Gasteiger partial charge >= 0.3 is 5.97 Å². The number of nitrogen functional groups attached to an aromatic ring is 1. The molecule has 138 valence electrons. The number of methoxy groups -OCH3 is 1. The summed E-state index contributed by atoms with van der Waals surface area (Å²) in [5, 5.41) is 10.2. The number of nitrogens with one attached hydrogen (secondary N) is 2. The molecule has 2 aromatic carbocycles. The predicted octanol–water partition coefficient (Wildman–Crippen LogP) is 2.74. The number of benzene rings is 2. The van der Waals surface area contributed by atoms with E-state index in [9.17, 15) is 9.59 Å². The third kappa shape index (κ3) is 5.89. The Morgan fingerprint density at radius 3 is 1.96 bits per heavy atom. The molecule has 0 radical (unpaired) electrons. The number of hydrogen-bond donors (Lipinski definition) is 3. The van der Waals surface area contributed by atoms with Crippen LogP contribution in [0.3, 0.4) is 0 Å². The number of amidine groups is 1. The Hall–Kier alpha value is -2.86. The van der Waals surface area contributed by atoms with E-state index in [0.717, 1.165) is 11.1 Å². The molecule has 0 saturated heterocycles. The van der Waals surface area contributed by atoms with Gasteiger partial charge in [0.05, 0.1) is 7.11 Å². The Balaban J connectivity index is 0.00000338. The molecule has 6 nitrogen and oxygen atoms in total. The van der Waals surface area contributed by atoms with Crippen molar-refractivity contribution in [3.63, 3.8) is 0 Å². The second-order valence-corrected chi connectivity index (χ2v) is 5.50. The summed E-state index contributed by atoms with van der Waals surface area (Å²) in [6.45, 7) is 0.419. The average molecular weight is 376 g/mol. The van der Waals surface area contributed by atoms with Crippen molar-refractivity contribution < 1.29 is 14.3 Å². The molecule has 0 atom stereocenters. The maximum absolute atomic E-state index is 12.1. The third-order valence-corrected chi connectivity index (χ3v) is 3.75. The molecule has 0 unspecified atom stereocenters. The summed E-state index contributed by atoms with van der Waals surface area (Å²) in [5.74, 6) is -0.427. The number of ether oxygens (including phenoxy) is 1. The number of carbonyl (C=O) groups excluding carboxylic acids is 2. The first-order valence-corrected chi connectivity index (χ1v) is 7.91. The number of hydrogen-bond acceptors (Lipinski definition) is 4. The van der Waals surface area contributed by atoms with Gasteiger partial charge in [-0.2, -0.15) is 0 Å². The van der Waals surface area contributed by atoms with Gasteiger partial charge in [-0.3, -0.25) is 15.0 Å². The molecular weight excluding hydrogens is 354 g/mol. The maximum Gasteiger partial charge on any atom is 0.305 e. The predicted molar refractivity (Wildman–Crippen MR) is 104 cm³/mol. The van der Waals surface area contributed by atoms with Gasteiger partial charge in [0, 0.05) is 24.1 Å². The summed E-state index contributed by atoms with van der Waals surface area (Å²) in [5.41, 5.74) is 8.63. The Morgan fingerprint density at radius 2 is 1.50 bits per heavy atom. The Kier molecular flexibility index (Phi) is 8.31. The number of nitrogens with two attached hydrogens (primary N) is 1. The van der Waals surface area contributed by atoms with Crippen LogP contribution in [-0.2, 0) is 9.53 Å². The van der Waals surface area contributed by atoms with Gasteiger partial charge in [-0.15, -0.1) is 12.4 Å². The summed E-state index contributed by atoms with van der Waals surface area (Å²) >= 11 is 0. The molecule has 26 heavy (non-hydrogen) atoms. The average Bonchev–Trinajstić information content (AvgIpc) is 2.65. The molecule has 0 saturated carbocycles. The molecule has 2 aromatic rings. The number of esters is 1. The van der Waals surface area contributed by atoms with E-state index in [1.807, 2.05) is 24.3 Å². The normalized spacial score (nSPS) is 9.73. The molecule has 0 aliphatic heterocycles. The fourth-order valence-electron chi connectivity index (χ4n) is 2.30.